The second-order valence-electron chi connectivity index (χ2n) is 3.65. The Kier molecular flexibility index (Phi) is 3.29. The first kappa shape index (κ1) is 10.0. The van der Waals surface area contributed by atoms with E-state index in [0.29, 0.717) is 13.0 Å². The summed E-state index contributed by atoms with van der Waals surface area (Å²) in [6.07, 6.45) is 7.00. The molecule has 0 atom stereocenters. The molecule has 72 valence electrons. The SMILES string of the molecule is C=CCC1(CC=C)CCC(=O)OC1. The van der Waals surface area contributed by atoms with E-state index >= 15 is 0 Å². The number of rotatable bonds is 4. The van der Waals surface area contributed by atoms with Crippen LogP contribution in [0.1, 0.15) is 25.7 Å². The van der Waals surface area contributed by atoms with E-state index in [9.17, 15) is 4.79 Å². The molecule has 2 nitrogen and oxygen atoms in total. The van der Waals surface area contributed by atoms with Gasteiger partial charge >= 0.3 is 5.97 Å². The van der Waals surface area contributed by atoms with Crippen molar-refractivity contribution >= 4 is 5.97 Å². The molecule has 1 saturated heterocycles. The van der Waals surface area contributed by atoms with E-state index in [1.165, 1.54) is 0 Å². The van der Waals surface area contributed by atoms with Gasteiger partial charge in [-0.05, 0) is 19.3 Å². The quantitative estimate of drug-likeness (QED) is 0.490. The molecule has 1 aliphatic rings. The fourth-order valence-electron chi connectivity index (χ4n) is 1.76. The summed E-state index contributed by atoms with van der Waals surface area (Å²) in [5.74, 6) is -0.0799. The maximum absolute atomic E-state index is 10.9. The minimum absolute atomic E-state index is 0.0799. The molecule has 0 unspecified atom stereocenters. The van der Waals surface area contributed by atoms with Gasteiger partial charge < -0.3 is 4.74 Å². The van der Waals surface area contributed by atoms with Crippen LogP contribution in [-0.4, -0.2) is 12.6 Å². The van der Waals surface area contributed by atoms with Crippen LogP contribution in [0.3, 0.4) is 0 Å². The van der Waals surface area contributed by atoms with Crippen molar-refractivity contribution in [2.24, 2.45) is 5.41 Å². The molecule has 0 aromatic carbocycles. The summed E-state index contributed by atoms with van der Waals surface area (Å²) >= 11 is 0. The van der Waals surface area contributed by atoms with Crippen LogP contribution in [0.25, 0.3) is 0 Å². The van der Waals surface area contributed by atoms with E-state index < -0.39 is 0 Å². The van der Waals surface area contributed by atoms with Crippen LogP contribution < -0.4 is 0 Å². The molecule has 0 aromatic heterocycles. The molecule has 1 aliphatic heterocycles. The van der Waals surface area contributed by atoms with Crippen molar-refractivity contribution in [3.63, 3.8) is 0 Å². The van der Waals surface area contributed by atoms with Gasteiger partial charge in [0.1, 0.15) is 0 Å². The number of esters is 1. The molecule has 0 bridgehead atoms. The molecule has 0 spiro atoms. The smallest absolute Gasteiger partial charge is 0.305 e. The van der Waals surface area contributed by atoms with Gasteiger partial charge in [-0.15, -0.1) is 13.2 Å². The van der Waals surface area contributed by atoms with Crippen LogP contribution in [-0.2, 0) is 9.53 Å². The van der Waals surface area contributed by atoms with Gasteiger partial charge in [0, 0.05) is 11.8 Å². The topological polar surface area (TPSA) is 26.3 Å². The summed E-state index contributed by atoms with van der Waals surface area (Å²) in [6, 6.07) is 0. The lowest BCUT2D eigenvalue weighted by atomic mass is 9.77. The summed E-state index contributed by atoms with van der Waals surface area (Å²) < 4.78 is 5.06. The van der Waals surface area contributed by atoms with E-state index in [2.05, 4.69) is 13.2 Å². The number of allylic oxidation sites excluding steroid dienone is 2. The van der Waals surface area contributed by atoms with Crippen LogP contribution in [0.15, 0.2) is 25.3 Å². The van der Waals surface area contributed by atoms with Crippen molar-refractivity contribution in [3.05, 3.63) is 25.3 Å². The van der Waals surface area contributed by atoms with Gasteiger partial charge in [0.25, 0.3) is 0 Å². The molecule has 1 fully saturated rings. The molecule has 0 aromatic rings. The van der Waals surface area contributed by atoms with Crippen molar-refractivity contribution in [1.82, 2.24) is 0 Å². The molecular weight excluding hydrogens is 164 g/mol. The van der Waals surface area contributed by atoms with Gasteiger partial charge in [0.15, 0.2) is 0 Å². The second kappa shape index (κ2) is 4.26. The van der Waals surface area contributed by atoms with Crippen LogP contribution >= 0.6 is 0 Å². The van der Waals surface area contributed by atoms with Crippen LogP contribution in [0, 0.1) is 5.41 Å². The first-order valence-corrected chi connectivity index (χ1v) is 4.60. The Morgan fingerprint density at radius 3 is 2.38 bits per heavy atom. The normalized spacial score (nSPS) is 20.5. The second-order valence-corrected chi connectivity index (χ2v) is 3.65. The van der Waals surface area contributed by atoms with Crippen molar-refractivity contribution in [2.45, 2.75) is 25.7 Å². The van der Waals surface area contributed by atoms with Gasteiger partial charge in [-0.1, -0.05) is 12.2 Å². The average molecular weight is 180 g/mol. The van der Waals surface area contributed by atoms with Crippen molar-refractivity contribution in [1.29, 1.82) is 0 Å². The highest BCUT2D eigenvalue weighted by atomic mass is 16.5. The summed E-state index contributed by atoms with van der Waals surface area (Å²) in [7, 11) is 0. The van der Waals surface area contributed by atoms with Crippen LogP contribution in [0.2, 0.25) is 0 Å². The summed E-state index contributed by atoms with van der Waals surface area (Å²) in [6.45, 7) is 7.97. The van der Waals surface area contributed by atoms with Gasteiger partial charge in [0.2, 0.25) is 0 Å². The van der Waals surface area contributed by atoms with Crippen LogP contribution in [0.4, 0.5) is 0 Å². The van der Waals surface area contributed by atoms with Gasteiger partial charge in [-0.2, -0.15) is 0 Å². The molecule has 13 heavy (non-hydrogen) atoms. The predicted molar refractivity (Wildman–Crippen MR) is 52.3 cm³/mol. The largest absolute Gasteiger partial charge is 0.465 e. The lowest BCUT2D eigenvalue weighted by molar-refractivity contribution is -0.154. The average Bonchev–Trinajstić information content (AvgIpc) is 2.11. The van der Waals surface area contributed by atoms with Gasteiger partial charge in [0.05, 0.1) is 6.61 Å². The highest BCUT2D eigenvalue weighted by Gasteiger charge is 2.33. The number of cyclic esters (lactones) is 1. The highest BCUT2D eigenvalue weighted by molar-refractivity contribution is 5.70. The standard InChI is InChI=1S/C11H16O2/c1-3-6-11(7-4-2)8-5-10(12)13-9-11/h3-4H,1-2,5-9H2. The maximum atomic E-state index is 10.9. The lowest BCUT2D eigenvalue weighted by Gasteiger charge is -2.34. The third-order valence-electron chi connectivity index (χ3n) is 2.55. The predicted octanol–water partition coefficient (Wildman–Crippen LogP) is 2.46. The Bertz CT molecular complexity index is 196. The van der Waals surface area contributed by atoms with E-state index in [4.69, 9.17) is 4.74 Å². The van der Waals surface area contributed by atoms with Gasteiger partial charge in [-0.3, -0.25) is 4.79 Å². The minimum Gasteiger partial charge on any atom is -0.465 e. The first-order valence-electron chi connectivity index (χ1n) is 4.60. The fraction of sp³-hybridized carbons (Fsp3) is 0.545. The lowest BCUT2D eigenvalue weighted by Crippen LogP contribution is -2.33. The zero-order valence-electron chi connectivity index (χ0n) is 7.92. The first-order chi connectivity index (χ1) is 6.22. The minimum atomic E-state index is -0.0799. The monoisotopic (exact) mass is 180 g/mol. The Balaban J connectivity index is 2.61. The van der Waals surface area contributed by atoms with E-state index in [-0.39, 0.29) is 11.4 Å². The van der Waals surface area contributed by atoms with Crippen molar-refractivity contribution in [2.75, 3.05) is 6.61 Å². The van der Waals surface area contributed by atoms with E-state index in [1.54, 1.807) is 0 Å². The maximum Gasteiger partial charge on any atom is 0.305 e. The number of hydrogen-bond acceptors (Lipinski definition) is 2. The zero-order valence-corrected chi connectivity index (χ0v) is 7.92. The highest BCUT2D eigenvalue weighted by Crippen LogP contribution is 2.36. The van der Waals surface area contributed by atoms with Crippen LogP contribution in [0.5, 0.6) is 0 Å². The molecular formula is C11H16O2. The fourth-order valence-corrected chi connectivity index (χ4v) is 1.76. The molecule has 0 saturated carbocycles. The Morgan fingerprint density at radius 1 is 1.38 bits per heavy atom. The Hall–Kier alpha value is -1.05. The molecule has 0 N–H and O–H groups in total. The summed E-state index contributed by atoms with van der Waals surface area (Å²) in [5.41, 5.74) is 0.0808. The molecule has 0 radical (unpaired) electrons. The number of ether oxygens (including phenoxy) is 1. The molecule has 2 heteroatoms. The van der Waals surface area contributed by atoms with E-state index in [0.717, 1.165) is 19.3 Å². The Labute approximate surface area is 79.3 Å². The molecule has 1 heterocycles. The molecule has 0 aliphatic carbocycles. The molecule has 0 amide bonds. The third kappa shape index (κ3) is 2.44. The summed E-state index contributed by atoms with van der Waals surface area (Å²) in [5, 5.41) is 0. The third-order valence-corrected chi connectivity index (χ3v) is 2.55. The van der Waals surface area contributed by atoms with Crippen molar-refractivity contribution < 1.29 is 9.53 Å². The van der Waals surface area contributed by atoms with Crippen molar-refractivity contribution in [3.8, 4) is 0 Å². The number of hydrogen-bond donors (Lipinski definition) is 0. The summed E-state index contributed by atoms with van der Waals surface area (Å²) in [4.78, 5) is 10.9. The number of carbonyl (C=O) groups excluding carboxylic acids is 1. The molecule has 1 rings (SSSR count). The number of carbonyl (C=O) groups is 1. The zero-order chi connectivity index (χ0) is 9.73. The van der Waals surface area contributed by atoms with E-state index in [1.807, 2.05) is 12.2 Å². The Morgan fingerprint density at radius 2 is 2.00 bits per heavy atom. The van der Waals surface area contributed by atoms with Gasteiger partial charge in [-0.25, -0.2) is 0 Å².